The topological polar surface area (TPSA) is 117 Å². The molecule has 10 nitrogen and oxygen atoms in total. The molecule has 2 N–H and O–H groups in total. The highest BCUT2D eigenvalue weighted by molar-refractivity contribution is 5.94. The second-order valence-electron chi connectivity index (χ2n) is 13.4. The van der Waals surface area contributed by atoms with Crippen LogP contribution in [-0.4, -0.2) is 83.4 Å². The molecule has 0 aromatic heterocycles. The van der Waals surface area contributed by atoms with Crippen molar-refractivity contribution < 1.29 is 28.7 Å². The van der Waals surface area contributed by atoms with Crippen LogP contribution in [0.15, 0.2) is 48.5 Å². The van der Waals surface area contributed by atoms with Gasteiger partial charge >= 0.3 is 5.97 Å². The Kier molecular flexibility index (Phi) is 10.4. The zero-order valence-corrected chi connectivity index (χ0v) is 26.7. The van der Waals surface area contributed by atoms with Crippen LogP contribution >= 0.6 is 0 Å². The second-order valence-corrected chi connectivity index (χ2v) is 13.4. The summed E-state index contributed by atoms with van der Waals surface area (Å²) in [6, 6.07) is 12.2. The van der Waals surface area contributed by atoms with Crippen LogP contribution in [0.5, 0.6) is 11.5 Å². The van der Waals surface area contributed by atoms with Crippen LogP contribution in [0.3, 0.4) is 0 Å². The van der Waals surface area contributed by atoms with Crippen molar-refractivity contribution in [2.45, 2.75) is 95.9 Å². The van der Waals surface area contributed by atoms with E-state index in [2.05, 4.69) is 15.5 Å². The van der Waals surface area contributed by atoms with Crippen molar-refractivity contribution in [2.24, 2.45) is 0 Å². The summed E-state index contributed by atoms with van der Waals surface area (Å²) in [7, 11) is 0. The normalized spacial score (nSPS) is 23.6. The third-order valence-corrected chi connectivity index (χ3v) is 8.51. The SMILES string of the molecule is CC(C)(C)OC(=O)[C@@H]1Cc2cccc(c2)Oc2cccc(c2)C[C@H](N2CCCC2=O)C(=O)N[C@@H](CCN2CCCCC2)C(=O)N1. The van der Waals surface area contributed by atoms with Crippen LogP contribution in [0, 0.1) is 0 Å². The quantitative estimate of drug-likeness (QED) is 0.490. The van der Waals surface area contributed by atoms with E-state index >= 15 is 0 Å². The molecule has 10 heteroatoms. The van der Waals surface area contributed by atoms with Crippen molar-refractivity contribution in [3.63, 3.8) is 0 Å². The summed E-state index contributed by atoms with van der Waals surface area (Å²) in [6.07, 6.45) is 5.28. The smallest absolute Gasteiger partial charge is 0.329 e. The third-order valence-electron chi connectivity index (χ3n) is 8.51. The van der Waals surface area contributed by atoms with Gasteiger partial charge in [0.2, 0.25) is 17.7 Å². The molecule has 0 saturated carbocycles. The number of carbonyl (C=O) groups is 4. The summed E-state index contributed by atoms with van der Waals surface area (Å²) in [5.74, 6) is -0.300. The standard InChI is InChI=1S/C35H46N4O6/c1-35(2,3)45-34(43)29-22-24-10-7-12-26(20-24)44-27-13-8-11-25(21-27)23-30(39-18-9-14-31(39)40)33(42)36-28(32(41)37-29)15-19-38-16-5-4-6-17-38/h7-8,10-13,20-21,28-30H,4-6,9,14-19,22-23H2,1-3H3,(H,36,42)(H,37,41)/t28-,29-,30-/m0/s1. The molecule has 0 radical (unpaired) electrons. The van der Waals surface area contributed by atoms with Crippen LogP contribution in [0.4, 0.5) is 0 Å². The van der Waals surface area contributed by atoms with Gasteiger partial charge in [-0.1, -0.05) is 30.7 Å². The zero-order valence-electron chi connectivity index (χ0n) is 26.7. The molecule has 3 atom stereocenters. The Morgan fingerprint density at radius 1 is 0.867 bits per heavy atom. The third kappa shape index (κ3) is 9.06. The van der Waals surface area contributed by atoms with Gasteiger partial charge in [0.25, 0.3) is 0 Å². The van der Waals surface area contributed by atoms with E-state index in [-0.39, 0.29) is 24.7 Å². The molecule has 5 rings (SSSR count). The minimum atomic E-state index is -0.992. The van der Waals surface area contributed by atoms with E-state index in [4.69, 9.17) is 9.47 Å². The molecule has 2 saturated heterocycles. The van der Waals surface area contributed by atoms with Crippen molar-refractivity contribution >= 4 is 23.7 Å². The number of hydrogen-bond donors (Lipinski definition) is 2. The predicted molar refractivity (Wildman–Crippen MR) is 170 cm³/mol. The van der Waals surface area contributed by atoms with Gasteiger partial charge in [-0.15, -0.1) is 0 Å². The molecular weight excluding hydrogens is 572 g/mol. The summed E-state index contributed by atoms with van der Waals surface area (Å²) in [6.45, 7) is 8.35. The molecule has 2 aromatic rings. The van der Waals surface area contributed by atoms with Crippen LogP contribution in [0.2, 0.25) is 0 Å². The highest BCUT2D eigenvalue weighted by Gasteiger charge is 2.36. The Balaban J connectivity index is 1.50. The highest BCUT2D eigenvalue weighted by atomic mass is 16.6. The Hall–Kier alpha value is -3.92. The van der Waals surface area contributed by atoms with Crippen LogP contribution < -0.4 is 15.4 Å². The lowest BCUT2D eigenvalue weighted by Crippen LogP contribution is -2.57. The molecule has 45 heavy (non-hydrogen) atoms. The van der Waals surface area contributed by atoms with E-state index in [0.717, 1.165) is 37.1 Å². The van der Waals surface area contributed by atoms with Gasteiger partial charge in [0.15, 0.2) is 0 Å². The van der Waals surface area contributed by atoms with E-state index in [9.17, 15) is 19.2 Å². The fourth-order valence-electron chi connectivity index (χ4n) is 6.28. The number of piperidine rings is 1. The summed E-state index contributed by atoms with van der Waals surface area (Å²) >= 11 is 0. The zero-order chi connectivity index (χ0) is 32.0. The average Bonchev–Trinajstić information content (AvgIpc) is 3.42. The minimum absolute atomic E-state index is 0.0759. The summed E-state index contributed by atoms with van der Waals surface area (Å²) in [4.78, 5) is 58.3. The van der Waals surface area contributed by atoms with Crippen LogP contribution in [-0.2, 0) is 36.8 Å². The molecule has 2 aromatic carbocycles. The largest absolute Gasteiger partial charge is 0.458 e. The lowest BCUT2D eigenvalue weighted by Gasteiger charge is -2.32. The van der Waals surface area contributed by atoms with E-state index in [0.29, 0.717) is 43.9 Å². The van der Waals surface area contributed by atoms with Gasteiger partial charge in [0, 0.05) is 32.4 Å². The van der Waals surface area contributed by atoms with E-state index < -0.39 is 35.6 Å². The highest BCUT2D eigenvalue weighted by Crippen LogP contribution is 2.26. The average molecular weight is 619 g/mol. The lowest BCUT2D eigenvalue weighted by molar-refractivity contribution is -0.158. The molecule has 3 aliphatic rings. The molecule has 3 heterocycles. The van der Waals surface area contributed by atoms with Gasteiger partial charge in [-0.3, -0.25) is 14.4 Å². The molecule has 0 unspecified atom stereocenters. The number of amides is 3. The first kappa shape index (κ1) is 32.5. The first-order chi connectivity index (χ1) is 21.5. The van der Waals surface area contributed by atoms with E-state index in [1.807, 2.05) is 48.5 Å². The lowest BCUT2D eigenvalue weighted by atomic mass is 10.0. The number of rotatable bonds is 5. The van der Waals surface area contributed by atoms with Gasteiger partial charge < -0.3 is 29.9 Å². The maximum absolute atomic E-state index is 14.1. The molecular formula is C35H46N4O6. The Labute approximate surface area is 265 Å². The monoisotopic (exact) mass is 618 g/mol. The van der Waals surface area contributed by atoms with Crippen molar-refractivity contribution in [1.82, 2.24) is 20.4 Å². The number of hydrogen-bond acceptors (Lipinski definition) is 7. The Morgan fingerprint density at radius 3 is 2.16 bits per heavy atom. The summed E-state index contributed by atoms with van der Waals surface area (Å²) in [5.41, 5.74) is 0.869. The Bertz CT molecular complexity index is 1380. The van der Waals surface area contributed by atoms with Gasteiger partial charge in [0.05, 0.1) is 0 Å². The van der Waals surface area contributed by atoms with Gasteiger partial charge in [-0.25, -0.2) is 4.79 Å². The molecule has 2 fully saturated rings. The number of likely N-dealkylation sites (tertiary alicyclic amines) is 2. The summed E-state index contributed by atoms with van der Waals surface area (Å²) < 4.78 is 11.9. The number of esters is 1. The van der Waals surface area contributed by atoms with Gasteiger partial charge in [-0.2, -0.15) is 0 Å². The Morgan fingerprint density at radius 2 is 1.53 bits per heavy atom. The number of nitrogens with one attached hydrogen (secondary N) is 2. The first-order valence-corrected chi connectivity index (χ1v) is 16.3. The first-order valence-electron chi connectivity index (χ1n) is 16.3. The fourth-order valence-corrected chi connectivity index (χ4v) is 6.28. The second kappa shape index (κ2) is 14.5. The number of benzene rings is 2. The van der Waals surface area contributed by atoms with E-state index in [1.54, 1.807) is 25.7 Å². The van der Waals surface area contributed by atoms with Crippen molar-refractivity contribution in [3.8, 4) is 11.5 Å². The predicted octanol–water partition coefficient (Wildman–Crippen LogP) is 3.76. The van der Waals surface area contributed by atoms with Crippen LogP contribution in [0.1, 0.15) is 70.4 Å². The molecule has 0 spiro atoms. The number of nitrogens with zero attached hydrogens (tertiary/aromatic N) is 2. The van der Waals surface area contributed by atoms with E-state index in [1.165, 1.54) is 6.42 Å². The molecule has 3 amide bonds. The van der Waals surface area contributed by atoms with Gasteiger partial charge in [-0.05, 0) is 94.9 Å². The van der Waals surface area contributed by atoms with Crippen LogP contribution in [0.25, 0.3) is 0 Å². The minimum Gasteiger partial charge on any atom is -0.458 e. The van der Waals surface area contributed by atoms with Crippen molar-refractivity contribution in [3.05, 3.63) is 59.7 Å². The molecule has 4 bridgehead atoms. The van der Waals surface area contributed by atoms with Crippen molar-refractivity contribution in [2.75, 3.05) is 26.2 Å². The maximum Gasteiger partial charge on any atom is 0.329 e. The maximum atomic E-state index is 14.1. The number of ether oxygens (including phenoxy) is 2. The number of fused-ring (bicyclic) bond motifs is 4. The molecule has 0 aliphatic carbocycles. The summed E-state index contributed by atoms with van der Waals surface area (Å²) in [5, 5.41) is 5.92. The molecule has 242 valence electrons. The van der Waals surface area contributed by atoms with Gasteiger partial charge in [0.1, 0.15) is 35.2 Å². The fraction of sp³-hybridized carbons (Fsp3) is 0.543. The number of carbonyl (C=O) groups excluding carboxylic acids is 4. The molecule has 3 aliphatic heterocycles. The van der Waals surface area contributed by atoms with Crippen molar-refractivity contribution in [1.29, 1.82) is 0 Å².